The first-order valence-corrected chi connectivity index (χ1v) is 6.49. The molecule has 2 rings (SSSR count). The molecule has 1 aromatic rings. The Kier molecular flexibility index (Phi) is 3.35. The van der Waals surface area contributed by atoms with Crippen LogP contribution in [0.4, 0.5) is 8.78 Å². The highest BCUT2D eigenvalue weighted by Gasteiger charge is 2.30. The molecular formula is C11H13F2NOS. The van der Waals surface area contributed by atoms with Crippen molar-refractivity contribution < 1.29 is 13.0 Å². The van der Waals surface area contributed by atoms with Gasteiger partial charge >= 0.3 is 0 Å². The van der Waals surface area contributed by atoms with Crippen LogP contribution in [0.1, 0.15) is 12.8 Å². The Balaban J connectivity index is 2.10. The standard InChI is InChI=1S/C11H13F2NOS/c12-8-3-4-9(13)11(5-8)16(15)6-10(14)7-1-2-7/h3-5,7,10H,1-2,6,14H2. The van der Waals surface area contributed by atoms with Crippen LogP contribution in [0.3, 0.4) is 0 Å². The van der Waals surface area contributed by atoms with Gasteiger partial charge in [-0.25, -0.2) is 8.78 Å². The Morgan fingerprint density at radius 1 is 1.44 bits per heavy atom. The van der Waals surface area contributed by atoms with E-state index in [0.29, 0.717) is 5.92 Å². The van der Waals surface area contributed by atoms with Gasteiger partial charge in [0.1, 0.15) is 11.6 Å². The van der Waals surface area contributed by atoms with E-state index in [1.807, 2.05) is 0 Å². The van der Waals surface area contributed by atoms with Gasteiger partial charge in [0.25, 0.3) is 0 Å². The van der Waals surface area contributed by atoms with E-state index in [9.17, 15) is 13.0 Å². The fourth-order valence-corrected chi connectivity index (χ4v) is 2.91. The van der Waals surface area contributed by atoms with Crippen LogP contribution < -0.4 is 5.73 Å². The first-order valence-electron chi connectivity index (χ1n) is 5.17. The van der Waals surface area contributed by atoms with E-state index in [-0.39, 0.29) is 16.7 Å². The lowest BCUT2D eigenvalue weighted by Gasteiger charge is -2.10. The molecule has 0 aliphatic heterocycles. The van der Waals surface area contributed by atoms with E-state index in [2.05, 4.69) is 0 Å². The van der Waals surface area contributed by atoms with Gasteiger partial charge in [0, 0.05) is 11.8 Å². The number of rotatable bonds is 4. The molecule has 2 unspecified atom stereocenters. The summed E-state index contributed by atoms with van der Waals surface area (Å²) in [6.45, 7) is 0. The van der Waals surface area contributed by atoms with Crippen molar-refractivity contribution in [2.24, 2.45) is 11.7 Å². The molecule has 0 heterocycles. The predicted octanol–water partition coefficient (Wildman–Crippen LogP) is 1.81. The van der Waals surface area contributed by atoms with Gasteiger partial charge in [0.2, 0.25) is 0 Å². The van der Waals surface area contributed by atoms with E-state index >= 15 is 0 Å². The molecule has 2 atom stereocenters. The molecule has 0 aromatic heterocycles. The monoisotopic (exact) mass is 245 g/mol. The number of benzene rings is 1. The van der Waals surface area contributed by atoms with Crippen molar-refractivity contribution in [3.05, 3.63) is 29.8 Å². The zero-order chi connectivity index (χ0) is 11.7. The maximum atomic E-state index is 13.3. The first-order chi connectivity index (χ1) is 7.58. The second-order valence-corrected chi connectivity index (χ2v) is 5.55. The van der Waals surface area contributed by atoms with Crippen molar-refractivity contribution in [2.75, 3.05) is 5.75 Å². The Labute approximate surface area is 95.3 Å². The molecule has 1 aromatic carbocycles. The topological polar surface area (TPSA) is 43.1 Å². The second-order valence-electron chi connectivity index (χ2n) is 4.09. The number of hydrogen-bond donors (Lipinski definition) is 1. The Hall–Kier alpha value is -0.810. The van der Waals surface area contributed by atoms with Gasteiger partial charge in [0.15, 0.2) is 0 Å². The van der Waals surface area contributed by atoms with Gasteiger partial charge in [0.05, 0.1) is 15.7 Å². The summed E-state index contributed by atoms with van der Waals surface area (Å²) >= 11 is 0. The van der Waals surface area contributed by atoms with Crippen LogP contribution >= 0.6 is 0 Å². The van der Waals surface area contributed by atoms with Crippen molar-refractivity contribution in [3.8, 4) is 0 Å². The molecule has 1 saturated carbocycles. The summed E-state index contributed by atoms with van der Waals surface area (Å²) in [5, 5.41) is 0. The van der Waals surface area contributed by atoms with Crippen LogP contribution in [0.15, 0.2) is 23.1 Å². The summed E-state index contributed by atoms with van der Waals surface area (Å²) in [6.07, 6.45) is 2.09. The van der Waals surface area contributed by atoms with E-state index in [0.717, 1.165) is 31.0 Å². The molecule has 0 bridgehead atoms. The number of halogens is 2. The molecule has 1 aliphatic rings. The minimum Gasteiger partial charge on any atom is -0.327 e. The lowest BCUT2D eigenvalue weighted by atomic mass is 10.2. The Bertz CT molecular complexity index is 420. The Morgan fingerprint density at radius 3 is 2.75 bits per heavy atom. The summed E-state index contributed by atoms with van der Waals surface area (Å²) in [6, 6.07) is 2.80. The maximum absolute atomic E-state index is 13.3. The van der Waals surface area contributed by atoms with Crippen molar-refractivity contribution in [1.29, 1.82) is 0 Å². The Morgan fingerprint density at radius 2 is 2.12 bits per heavy atom. The largest absolute Gasteiger partial charge is 0.327 e. The molecule has 88 valence electrons. The molecule has 1 fully saturated rings. The third kappa shape index (κ3) is 2.65. The van der Waals surface area contributed by atoms with Crippen molar-refractivity contribution in [2.45, 2.75) is 23.8 Å². The molecule has 5 heteroatoms. The molecule has 0 radical (unpaired) electrons. The van der Waals surface area contributed by atoms with Crippen LogP contribution in [-0.2, 0) is 10.8 Å². The van der Waals surface area contributed by atoms with Gasteiger partial charge in [-0.2, -0.15) is 0 Å². The third-order valence-electron chi connectivity index (χ3n) is 2.71. The predicted molar refractivity (Wildman–Crippen MR) is 58.3 cm³/mol. The highest BCUT2D eigenvalue weighted by molar-refractivity contribution is 7.85. The molecule has 16 heavy (non-hydrogen) atoms. The van der Waals surface area contributed by atoms with Crippen LogP contribution in [0.2, 0.25) is 0 Å². The highest BCUT2D eigenvalue weighted by Crippen LogP contribution is 2.32. The molecular weight excluding hydrogens is 232 g/mol. The van der Waals surface area contributed by atoms with Crippen LogP contribution in [-0.4, -0.2) is 16.0 Å². The fourth-order valence-electron chi connectivity index (χ4n) is 1.58. The van der Waals surface area contributed by atoms with Crippen molar-refractivity contribution in [1.82, 2.24) is 0 Å². The number of nitrogens with two attached hydrogens (primary N) is 1. The SMILES string of the molecule is NC(CS(=O)c1cc(F)ccc1F)C1CC1. The van der Waals surface area contributed by atoms with Crippen LogP contribution in [0.5, 0.6) is 0 Å². The van der Waals surface area contributed by atoms with Gasteiger partial charge in [-0.05, 0) is 37.0 Å². The van der Waals surface area contributed by atoms with Gasteiger partial charge < -0.3 is 5.73 Å². The quantitative estimate of drug-likeness (QED) is 0.879. The van der Waals surface area contributed by atoms with Crippen LogP contribution in [0, 0.1) is 17.6 Å². The maximum Gasteiger partial charge on any atom is 0.139 e. The minimum absolute atomic E-state index is 0.0869. The molecule has 2 nitrogen and oxygen atoms in total. The lowest BCUT2D eigenvalue weighted by molar-refractivity contribution is 0.569. The summed E-state index contributed by atoms with van der Waals surface area (Å²) in [5.74, 6) is -0.613. The van der Waals surface area contributed by atoms with Crippen LogP contribution in [0.25, 0.3) is 0 Å². The van der Waals surface area contributed by atoms with Crippen molar-refractivity contribution in [3.63, 3.8) is 0 Å². The minimum atomic E-state index is -1.56. The van der Waals surface area contributed by atoms with E-state index in [1.165, 1.54) is 0 Å². The molecule has 0 spiro atoms. The smallest absolute Gasteiger partial charge is 0.139 e. The van der Waals surface area contributed by atoms with E-state index in [1.54, 1.807) is 0 Å². The summed E-state index contributed by atoms with van der Waals surface area (Å²) < 4.78 is 38.0. The fraction of sp³-hybridized carbons (Fsp3) is 0.455. The number of hydrogen-bond acceptors (Lipinski definition) is 2. The lowest BCUT2D eigenvalue weighted by Crippen LogP contribution is -2.29. The van der Waals surface area contributed by atoms with E-state index in [4.69, 9.17) is 5.73 Å². The summed E-state index contributed by atoms with van der Waals surface area (Å²) in [7, 11) is -1.56. The van der Waals surface area contributed by atoms with Gasteiger partial charge in [-0.3, -0.25) is 4.21 Å². The van der Waals surface area contributed by atoms with Gasteiger partial charge in [-0.1, -0.05) is 0 Å². The highest BCUT2D eigenvalue weighted by atomic mass is 32.2. The molecule has 0 amide bonds. The average Bonchev–Trinajstić information content (AvgIpc) is 3.04. The second kappa shape index (κ2) is 4.59. The average molecular weight is 245 g/mol. The molecule has 2 N–H and O–H groups in total. The molecule has 0 saturated heterocycles. The van der Waals surface area contributed by atoms with Crippen molar-refractivity contribution >= 4 is 10.8 Å². The third-order valence-corrected chi connectivity index (χ3v) is 4.20. The van der Waals surface area contributed by atoms with Gasteiger partial charge in [-0.15, -0.1) is 0 Å². The normalized spacial score (nSPS) is 19.4. The molecule has 1 aliphatic carbocycles. The zero-order valence-electron chi connectivity index (χ0n) is 8.66. The van der Waals surface area contributed by atoms with E-state index < -0.39 is 22.4 Å². The first kappa shape index (κ1) is 11.7. The zero-order valence-corrected chi connectivity index (χ0v) is 9.47. The summed E-state index contributed by atoms with van der Waals surface area (Å²) in [4.78, 5) is -0.0869. The summed E-state index contributed by atoms with van der Waals surface area (Å²) in [5.41, 5.74) is 5.80.